The minimum Gasteiger partial charge on any atom is -0.465 e. The van der Waals surface area contributed by atoms with Gasteiger partial charge in [0.25, 0.3) is 0 Å². The third kappa shape index (κ3) is 6.35. The molecule has 1 aromatic heterocycles. The molecule has 1 fully saturated rings. The second kappa shape index (κ2) is 8.78. The molecule has 0 bridgehead atoms. The molecule has 0 atom stereocenters. The van der Waals surface area contributed by atoms with Gasteiger partial charge >= 0.3 is 12.2 Å². The maximum Gasteiger partial charge on any atom is 0.414 e. The molecule has 2 amide bonds. The van der Waals surface area contributed by atoms with Crippen molar-refractivity contribution in [2.24, 2.45) is 0 Å². The zero-order chi connectivity index (χ0) is 16.5. The van der Waals surface area contributed by atoms with E-state index in [-0.39, 0.29) is 0 Å². The van der Waals surface area contributed by atoms with Gasteiger partial charge in [-0.3, -0.25) is 4.98 Å². The molecule has 5 N–H and O–H groups in total. The summed E-state index contributed by atoms with van der Waals surface area (Å²) >= 11 is 0. The predicted octanol–water partition coefficient (Wildman–Crippen LogP) is 1.66. The van der Waals surface area contributed by atoms with Crippen LogP contribution in [-0.4, -0.2) is 45.6 Å². The van der Waals surface area contributed by atoms with Crippen LogP contribution in [0.25, 0.3) is 0 Å². The van der Waals surface area contributed by atoms with Gasteiger partial charge < -0.3 is 20.7 Å². The van der Waals surface area contributed by atoms with Crippen molar-refractivity contribution in [2.45, 2.75) is 37.7 Å². The number of hydrogen-bond acceptors (Lipinski definition) is 6. The number of carboxylic acid groups (broad SMARTS) is 2. The van der Waals surface area contributed by atoms with Gasteiger partial charge in [0, 0.05) is 13.0 Å². The minimum atomic E-state index is -1.56. The Bertz CT molecular complexity index is 474. The number of anilines is 1. The number of nitrogens with two attached hydrogens (primary N) is 1. The standard InChI is InChI=1S/C11H17N3O.C2H3NO4/c1-15-9-4-2-8(3-5-9)10-6-14-11(12)7-13-10;4-1(5)3-2(6)7/h6-9H,2-5H2,1H3,(H2,12,14);3H,(H,4,5)(H,6,7)/t8-,9-;. The van der Waals surface area contributed by atoms with Crippen LogP contribution in [0.3, 0.4) is 0 Å². The molecule has 1 aromatic rings. The summed E-state index contributed by atoms with van der Waals surface area (Å²) in [4.78, 5) is 27.0. The Labute approximate surface area is 127 Å². The van der Waals surface area contributed by atoms with E-state index in [9.17, 15) is 9.59 Å². The Kier molecular flexibility index (Phi) is 7.03. The monoisotopic (exact) mass is 312 g/mol. The molecule has 0 unspecified atom stereocenters. The maximum atomic E-state index is 9.32. The van der Waals surface area contributed by atoms with E-state index < -0.39 is 12.2 Å². The molecule has 0 saturated heterocycles. The highest BCUT2D eigenvalue weighted by molar-refractivity contribution is 5.84. The van der Waals surface area contributed by atoms with Gasteiger partial charge in [0.15, 0.2) is 0 Å². The number of ether oxygens (including phenoxy) is 1. The SMILES string of the molecule is CO[C@H]1CC[C@H](c2cnc(N)cn2)CC1.O=C(O)NC(=O)O. The molecule has 9 nitrogen and oxygen atoms in total. The Morgan fingerprint density at radius 3 is 2.14 bits per heavy atom. The van der Waals surface area contributed by atoms with Crippen LogP contribution >= 0.6 is 0 Å². The fraction of sp³-hybridized carbons (Fsp3) is 0.538. The molecule has 122 valence electrons. The summed E-state index contributed by atoms with van der Waals surface area (Å²) in [6.45, 7) is 0. The molecule has 0 radical (unpaired) electrons. The van der Waals surface area contributed by atoms with Gasteiger partial charge in [0.1, 0.15) is 5.82 Å². The second-order valence-corrected chi connectivity index (χ2v) is 4.81. The number of rotatable bonds is 2. The van der Waals surface area contributed by atoms with Crippen molar-refractivity contribution in [3.05, 3.63) is 18.1 Å². The summed E-state index contributed by atoms with van der Waals surface area (Å²) in [6, 6.07) is 0. The van der Waals surface area contributed by atoms with Gasteiger partial charge in [0.05, 0.1) is 24.2 Å². The molecule has 22 heavy (non-hydrogen) atoms. The lowest BCUT2D eigenvalue weighted by molar-refractivity contribution is 0.0655. The molecular formula is C13H20N4O5. The van der Waals surface area contributed by atoms with Crippen molar-refractivity contribution >= 4 is 18.0 Å². The summed E-state index contributed by atoms with van der Waals surface area (Å²) in [5.74, 6) is 1.02. The first-order chi connectivity index (χ1) is 10.4. The maximum absolute atomic E-state index is 9.32. The first kappa shape index (κ1) is 17.6. The number of amides is 2. The zero-order valence-electron chi connectivity index (χ0n) is 12.2. The van der Waals surface area contributed by atoms with Gasteiger partial charge in [-0.15, -0.1) is 0 Å². The minimum absolute atomic E-state index is 0.433. The average molecular weight is 312 g/mol. The lowest BCUT2D eigenvalue weighted by Crippen LogP contribution is -2.26. The molecule has 2 rings (SSSR count). The van der Waals surface area contributed by atoms with E-state index in [1.54, 1.807) is 19.5 Å². The number of carbonyl (C=O) groups is 2. The number of nitrogen functional groups attached to an aromatic ring is 1. The van der Waals surface area contributed by atoms with Crippen molar-refractivity contribution in [3.8, 4) is 0 Å². The number of nitrogens with zero attached hydrogens (tertiary/aromatic N) is 2. The number of methoxy groups -OCH3 is 1. The lowest BCUT2D eigenvalue weighted by Gasteiger charge is -2.26. The number of aromatic nitrogens is 2. The second-order valence-electron chi connectivity index (χ2n) is 4.81. The molecular weight excluding hydrogens is 292 g/mol. The van der Waals surface area contributed by atoms with Crippen LogP contribution in [0.1, 0.15) is 37.3 Å². The first-order valence-corrected chi connectivity index (χ1v) is 6.75. The third-order valence-electron chi connectivity index (χ3n) is 3.33. The van der Waals surface area contributed by atoms with E-state index in [0.717, 1.165) is 36.7 Å². The quantitative estimate of drug-likeness (QED) is 0.644. The van der Waals surface area contributed by atoms with Gasteiger partial charge in [-0.25, -0.2) is 19.9 Å². The Morgan fingerprint density at radius 2 is 1.77 bits per heavy atom. The van der Waals surface area contributed by atoms with Crippen LogP contribution in [0.15, 0.2) is 12.4 Å². The molecule has 9 heteroatoms. The van der Waals surface area contributed by atoms with E-state index in [1.165, 1.54) is 0 Å². The Morgan fingerprint density at radius 1 is 1.18 bits per heavy atom. The van der Waals surface area contributed by atoms with Crippen LogP contribution in [0.2, 0.25) is 0 Å². The molecule has 0 aliphatic heterocycles. The summed E-state index contributed by atoms with van der Waals surface area (Å²) in [5, 5.41) is 16.3. The number of nitrogens with one attached hydrogen (secondary N) is 1. The highest BCUT2D eigenvalue weighted by Crippen LogP contribution is 2.32. The molecule has 1 heterocycles. The van der Waals surface area contributed by atoms with Crippen molar-refractivity contribution in [3.63, 3.8) is 0 Å². The molecule has 1 aliphatic carbocycles. The molecule has 0 spiro atoms. The molecule has 0 aromatic carbocycles. The fourth-order valence-electron chi connectivity index (χ4n) is 2.24. The van der Waals surface area contributed by atoms with Crippen molar-refractivity contribution in [2.75, 3.05) is 12.8 Å². The number of hydrogen-bond donors (Lipinski definition) is 4. The van der Waals surface area contributed by atoms with Gasteiger partial charge in [-0.2, -0.15) is 0 Å². The van der Waals surface area contributed by atoms with Crippen LogP contribution < -0.4 is 11.1 Å². The largest absolute Gasteiger partial charge is 0.465 e. The summed E-state index contributed by atoms with van der Waals surface area (Å²) < 4.78 is 5.34. The summed E-state index contributed by atoms with van der Waals surface area (Å²) in [6.07, 6.45) is 5.25. The van der Waals surface area contributed by atoms with Gasteiger partial charge in [-0.1, -0.05) is 0 Å². The first-order valence-electron chi connectivity index (χ1n) is 6.75. The summed E-state index contributed by atoms with van der Waals surface area (Å²) in [5.41, 5.74) is 6.57. The smallest absolute Gasteiger partial charge is 0.414 e. The average Bonchev–Trinajstić information content (AvgIpc) is 2.47. The van der Waals surface area contributed by atoms with Crippen LogP contribution in [0, 0.1) is 0 Å². The predicted molar refractivity (Wildman–Crippen MR) is 77.6 cm³/mol. The van der Waals surface area contributed by atoms with E-state index in [2.05, 4.69) is 9.97 Å². The molecule has 1 saturated carbocycles. The fourth-order valence-corrected chi connectivity index (χ4v) is 2.24. The van der Waals surface area contributed by atoms with E-state index >= 15 is 0 Å². The molecule has 1 aliphatic rings. The van der Waals surface area contributed by atoms with Gasteiger partial charge in [0.2, 0.25) is 0 Å². The van der Waals surface area contributed by atoms with Crippen LogP contribution in [0.5, 0.6) is 0 Å². The zero-order valence-corrected chi connectivity index (χ0v) is 12.2. The Hall–Kier alpha value is -2.42. The lowest BCUT2D eigenvalue weighted by atomic mass is 9.85. The third-order valence-corrected chi connectivity index (χ3v) is 3.33. The van der Waals surface area contributed by atoms with E-state index in [0.29, 0.717) is 17.8 Å². The van der Waals surface area contributed by atoms with Crippen LogP contribution in [0.4, 0.5) is 15.4 Å². The highest BCUT2D eigenvalue weighted by Gasteiger charge is 2.22. The van der Waals surface area contributed by atoms with E-state index in [4.69, 9.17) is 20.7 Å². The van der Waals surface area contributed by atoms with Gasteiger partial charge in [-0.05, 0) is 25.7 Å². The van der Waals surface area contributed by atoms with Crippen molar-refractivity contribution < 1.29 is 24.5 Å². The number of imide groups is 1. The summed E-state index contributed by atoms with van der Waals surface area (Å²) in [7, 11) is 1.79. The Balaban J connectivity index is 0.000000295. The van der Waals surface area contributed by atoms with Crippen molar-refractivity contribution in [1.82, 2.24) is 15.3 Å². The normalized spacial score (nSPS) is 20.4. The van der Waals surface area contributed by atoms with Crippen molar-refractivity contribution in [1.29, 1.82) is 0 Å². The van der Waals surface area contributed by atoms with E-state index in [1.807, 2.05) is 0 Å². The highest BCUT2D eigenvalue weighted by atomic mass is 16.5. The van der Waals surface area contributed by atoms with Crippen LogP contribution in [-0.2, 0) is 4.74 Å². The topological polar surface area (TPSA) is 148 Å².